The summed E-state index contributed by atoms with van der Waals surface area (Å²) in [5.74, 6) is 5.31. The molecule has 1 heterocycles. The fourth-order valence-electron chi connectivity index (χ4n) is 2.89. The molecule has 1 saturated heterocycles. The number of benzene rings is 2. The molecular formula is C23H30O2S6. The Balaban J connectivity index is 1.25. The van der Waals surface area contributed by atoms with E-state index in [2.05, 4.69) is 47.8 Å². The van der Waals surface area contributed by atoms with Gasteiger partial charge in [-0.15, -0.1) is 47.0 Å². The highest BCUT2D eigenvalue weighted by Gasteiger charge is 2.28. The number of hydrogen-bond acceptors (Lipinski definition) is 8. The summed E-state index contributed by atoms with van der Waals surface area (Å²) in [5, 5.41) is 23.0. The van der Waals surface area contributed by atoms with Crippen LogP contribution in [-0.4, -0.2) is 72.5 Å². The van der Waals surface area contributed by atoms with Gasteiger partial charge in [-0.3, -0.25) is 0 Å². The molecular weight excluding hydrogens is 501 g/mol. The summed E-state index contributed by atoms with van der Waals surface area (Å²) in [7, 11) is 0. The molecule has 170 valence electrons. The molecule has 0 spiro atoms. The smallest absolute Gasteiger partial charge is 0.0724 e. The van der Waals surface area contributed by atoms with E-state index in [1.54, 1.807) is 23.5 Å². The minimum absolute atomic E-state index is 0.264. The number of hydrogen-bond donors (Lipinski definition) is 2. The predicted octanol–water partition coefficient (Wildman–Crippen LogP) is 5.93. The molecule has 1 fully saturated rings. The zero-order chi connectivity index (χ0) is 21.7. The molecule has 0 radical (unpaired) electrons. The molecule has 0 aliphatic carbocycles. The van der Waals surface area contributed by atoms with Crippen molar-refractivity contribution in [1.82, 2.24) is 0 Å². The van der Waals surface area contributed by atoms with E-state index in [4.69, 9.17) is 0 Å². The lowest BCUT2D eigenvalue weighted by Gasteiger charge is -2.19. The summed E-state index contributed by atoms with van der Waals surface area (Å²) >= 11 is 11.3. The van der Waals surface area contributed by atoms with Gasteiger partial charge in [-0.05, 0) is 24.3 Å². The maximum Gasteiger partial charge on any atom is 0.0724 e. The fourth-order valence-corrected chi connectivity index (χ4v) is 11.3. The normalized spacial score (nSPS) is 20.6. The summed E-state index contributed by atoms with van der Waals surface area (Å²) in [6, 6.07) is 20.6. The molecule has 4 atom stereocenters. The van der Waals surface area contributed by atoms with Crippen LogP contribution in [0.25, 0.3) is 0 Å². The second kappa shape index (κ2) is 15.4. The Morgan fingerprint density at radius 3 is 1.52 bits per heavy atom. The van der Waals surface area contributed by atoms with Crippen LogP contribution in [0.1, 0.15) is 0 Å². The second-order valence-electron chi connectivity index (χ2n) is 7.16. The minimum atomic E-state index is -0.264. The Morgan fingerprint density at radius 2 is 1.10 bits per heavy atom. The molecule has 3 rings (SSSR count). The first-order chi connectivity index (χ1) is 15.2. The van der Waals surface area contributed by atoms with E-state index in [1.807, 2.05) is 59.9 Å². The molecule has 0 saturated carbocycles. The van der Waals surface area contributed by atoms with Crippen molar-refractivity contribution in [3.05, 3.63) is 60.7 Å². The van der Waals surface area contributed by atoms with Crippen LogP contribution >= 0.6 is 70.6 Å². The third-order valence-electron chi connectivity index (χ3n) is 4.53. The van der Waals surface area contributed by atoms with Crippen molar-refractivity contribution < 1.29 is 10.2 Å². The Labute approximate surface area is 212 Å². The van der Waals surface area contributed by atoms with Gasteiger partial charge in [0.15, 0.2) is 0 Å². The van der Waals surface area contributed by atoms with Crippen LogP contribution < -0.4 is 0 Å². The zero-order valence-corrected chi connectivity index (χ0v) is 22.3. The van der Waals surface area contributed by atoms with E-state index in [-0.39, 0.29) is 12.2 Å². The predicted molar refractivity (Wildman–Crippen MR) is 149 cm³/mol. The van der Waals surface area contributed by atoms with Gasteiger partial charge in [0.05, 0.1) is 12.2 Å². The maximum absolute atomic E-state index is 10.3. The lowest BCUT2D eigenvalue weighted by Crippen LogP contribution is -2.23. The molecule has 2 nitrogen and oxygen atoms in total. The van der Waals surface area contributed by atoms with E-state index in [1.165, 1.54) is 9.79 Å². The van der Waals surface area contributed by atoms with Crippen LogP contribution in [0, 0.1) is 0 Å². The topological polar surface area (TPSA) is 40.5 Å². The largest absolute Gasteiger partial charge is 0.391 e. The third-order valence-corrected chi connectivity index (χ3v) is 12.8. The quantitative estimate of drug-likeness (QED) is 0.291. The van der Waals surface area contributed by atoms with Gasteiger partial charge in [-0.25, -0.2) is 0 Å². The Bertz CT molecular complexity index is 659. The molecule has 4 unspecified atom stereocenters. The van der Waals surface area contributed by atoms with Crippen LogP contribution in [0.4, 0.5) is 0 Å². The standard InChI is InChI=1S/C23H30O2S6/c24-18(13-28-20-7-3-1-4-8-20)11-26-15-22-23(31-17-30-22)16-27-12-19(25)14-29-21-9-5-2-6-10-21/h1-10,18-19,22-25H,11-17H2. The molecule has 2 aromatic carbocycles. The summed E-state index contributed by atoms with van der Waals surface area (Å²) in [4.78, 5) is 2.44. The average Bonchev–Trinajstić information content (AvgIpc) is 3.25. The first kappa shape index (κ1) is 26.1. The SMILES string of the molecule is OC(CSCC1SCSC1CSCC(O)CSc1ccccc1)CSc1ccccc1. The molecule has 0 bridgehead atoms. The van der Waals surface area contributed by atoms with E-state index in [9.17, 15) is 10.2 Å². The molecule has 1 aliphatic rings. The first-order valence-corrected chi connectivity index (χ1v) is 16.7. The highest BCUT2D eigenvalue weighted by Crippen LogP contribution is 2.40. The number of thioether (sulfide) groups is 6. The van der Waals surface area contributed by atoms with Crippen LogP contribution in [0.3, 0.4) is 0 Å². The van der Waals surface area contributed by atoms with E-state index < -0.39 is 0 Å². The molecule has 1 aliphatic heterocycles. The fraction of sp³-hybridized carbons (Fsp3) is 0.478. The summed E-state index contributed by atoms with van der Waals surface area (Å²) in [6.45, 7) is 0. The summed E-state index contributed by atoms with van der Waals surface area (Å²) < 4.78 is 0. The van der Waals surface area contributed by atoms with Crippen LogP contribution in [0.2, 0.25) is 0 Å². The van der Waals surface area contributed by atoms with Gasteiger partial charge in [0.2, 0.25) is 0 Å². The lowest BCUT2D eigenvalue weighted by atomic mass is 10.3. The van der Waals surface area contributed by atoms with Crippen molar-refractivity contribution in [2.75, 3.05) is 39.6 Å². The highest BCUT2D eigenvalue weighted by molar-refractivity contribution is 8.20. The number of aliphatic hydroxyl groups excluding tert-OH is 2. The van der Waals surface area contributed by atoms with Crippen molar-refractivity contribution in [2.45, 2.75) is 32.5 Å². The summed E-state index contributed by atoms with van der Waals surface area (Å²) in [6.07, 6.45) is -0.529. The molecule has 31 heavy (non-hydrogen) atoms. The van der Waals surface area contributed by atoms with Crippen molar-refractivity contribution in [2.24, 2.45) is 0 Å². The van der Waals surface area contributed by atoms with Gasteiger partial charge >= 0.3 is 0 Å². The maximum atomic E-state index is 10.3. The van der Waals surface area contributed by atoms with Crippen LogP contribution in [0.15, 0.2) is 70.5 Å². The van der Waals surface area contributed by atoms with E-state index in [0.29, 0.717) is 10.5 Å². The van der Waals surface area contributed by atoms with Gasteiger partial charge in [0.25, 0.3) is 0 Å². The third kappa shape index (κ3) is 10.5. The molecule has 2 aromatic rings. The van der Waals surface area contributed by atoms with Gasteiger partial charge in [-0.2, -0.15) is 23.5 Å². The number of aliphatic hydroxyl groups is 2. The molecule has 2 N–H and O–H groups in total. The second-order valence-corrected chi connectivity index (χ2v) is 14.3. The Hall–Kier alpha value is 0.460. The van der Waals surface area contributed by atoms with Gasteiger partial charge in [0.1, 0.15) is 0 Å². The monoisotopic (exact) mass is 530 g/mol. The Morgan fingerprint density at radius 1 is 0.677 bits per heavy atom. The number of rotatable bonds is 14. The molecule has 8 heteroatoms. The van der Waals surface area contributed by atoms with E-state index in [0.717, 1.165) is 39.6 Å². The van der Waals surface area contributed by atoms with Crippen LogP contribution in [-0.2, 0) is 0 Å². The minimum Gasteiger partial charge on any atom is -0.391 e. The zero-order valence-electron chi connectivity index (χ0n) is 17.4. The average molecular weight is 531 g/mol. The van der Waals surface area contributed by atoms with Gasteiger partial charge < -0.3 is 10.2 Å². The van der Waals surface area contributed by atoms with Gasteiger partial charge in [0, 0.05) is 59.9 Å². The lowest BCUT2D eigenvalue weighted by molar-refractivity contribution is 0.224. The van der Waals surface area contributed by atoms with Crippen molar-refractivity contribution >= 4 is 70.6 Å². The summed E-state index contributed by atoms with van der Waals surface area (Å²) in [5.41, 5.74) is 0. The highest BCUT2D eigenvalue weighted by atomic mass is 32.2. The van der Waals surface area contributed by atoms with Crippen molar-refractivity contribution in [3.8, 4) is 0 Å². The molecule has 0 amide bonds. The Kier molecular flexibility index (Phi) is 12.9. The van der Waals surface area contributed by atoms with Crippen molar-refractivity contribution in [1.29, 1.82) is 0 Å². The van der Waals surface area contributed by atoms with Crippen LogP contribution in [0.5, 0.6) is 0 Å². The first-order valence-electron chi connectivity index (χ1n) is 10.3. The van der Waals surface area contributed by atoms with Crippen molar-refractivity contribution in [3.63, 3.8) is 0 Å². The van der Waals surface area contributed by atoms with E-state index >= 15 is 0 Å². The van der Waals surface area contributed by atoms with Gasteiger partial charge in [-0.1, -0.05) is 36.4 Å². The molecule has 0 aromatic heterocycles.